The lowest BCUT2D eigenvalue weighted by Crippen LogP contribution is -2.28. The van der Waals surface area contributed by atoms with Crippen LogP contribution in [0, 0.1) is 0 Å². The first-order valence-electron chi connectivity index (χ1n) is 11.3. The van der Waals surface area contributed by atoms with Crippen LogP contribution >= 0.6 is 23.6 Å². The van der Waals surface area contributed by atoms with E-state index in [1.165, 1.54) is 0 Å². The number of nitrogens with one attached hydrogen (secondary N) is 3. The number of hydrogen-bond acceptors (Lipinski definition) is 4. The highest BCUT2D eigenvalue weighted by Crippen LogP contribution is 2.41. The van der Waals surface area contributed by atoms with Crippen molar-refractivity contribution in [2.75, 3.05) is 10.6 Å². The van der Waals surface area contributed by atoms with E-state index in [2.05, 4.69) is 62.5 Å². The summed E-state index contributed by atoms with van der Waals surface area (Å²) in [6.07, 6.45) is 1.70. The van der Waals surface area contributed by atoms with Crippen molar-refractivity contribution in [1.82, 2.24) is 5.32 Å². The van der Waals surface area contributed by atoms with Gasteiger partial charge in [0.2, 0.25) is 0 Å². The van der Waals surface area contributed by atoms with Gasteiger partial charge in [0, 0.05) is 29.0 Å². The summed E-state index contributed by atoms with van der Waals surface area (Å²) in [5.74, 6) is 0.360. The van der Waals surface area contributed by atoms with Crippen molar-refractivity contribution in [3.05, 3.63) is 70.6 Å². The average Bonchev–Trinajstić information content (AvgIpc) is 3.26. The van der Waals surface area contributed by atoms with Crippen LogP contribution in [0.1, 0.15) is 58.2 Å². The van der Waals surface area contributed by atoms with Gasteiger partial charge in [0.15, 0.2) is 5.11 Å². The van der Waals surface area contributed by atoms with Gasteiger partial charge < -0.3 is 21.1 Å². The second-order valence-corrected chi connectivity index (χ2v) is 11.6. The number of thiophene rings is 1. The first kappa shape index (κ1) is 25.7. The molecule has 0 aliphatic heterocycles. The Labute approximate surface area is 212 Å². The van der Waals surface area contributed by atoms with Gasteiger partial charge >= 0.3 is 0 Å². The second kappa shape index (κ2) is 10.6. The molecule has 0 bridgehead atoms. The Morgan fingerprint density at radius 1 is 0.971 bits per heavy atom. The van der Waals surface area contributed by atoms with Crippen molar-refractivity contribution >= 4 is 51.4 Å². The molecule has 0 aliphatic carbocycles. The molecule has 2 aromatic carbocycles. The largest absolute Gasteiger partial charge is 0.507 e. The summed E-state index contributed by atoms with van der Waals surface area (Å²) in [6.45, 7) is 13.2. The number of thiocarbonyl (C=S) groups is 1. The van der Waals surface area contributed by atoms with E-state index in [9.17, 15) is 5.11 Å². The van der Waals surface area contributed by atoms with Crippen LogP contribution in [-0.2, 0) is 17.4 Å². The minimum Gasteiger partial charge on any atom is -0.507 e. The van der Waals surface area contributed by atoms with Crippen LogP contribution in [0.15, 0.2) is 58.9 Å². The Balaban J connectivity index is 1.61. The highest BCUT2D eigenvalue weighted by molar-refractivity contribution is 7.80. The summed E-state index contributed by atoms with van der Waals surface area (Å²) < 4.78 is 0. The Morgan fingerprint density at radius 2 is 1.59 bits per heavy atom. The van der Waals surface area contributed by atoms with Crippen molar-refractivity contribution in [2.45, 2.75) is 58.9 Å². The van der Waals surface area contributed by atoms with E-state index in [-0.39, 0.29) is 10.8 Å². The first-order chi connectivity index (χ1) is 15.9. The van der Waals surface area contributed by atoms with Crippen molar-refractivity contribution in [1.29, 1.82) is 0 Å². The van der Waals surface area contributed by atoms with Crippen molar-refractivity contribution in [2.24, 2.45) is 4.99 Å². The van der Waals surface area contributed by atoms with E-state index < -0.39 is 0 Å². The van der Waals surface area contributed by atoms with Crippen LogP contribution in [0.25, 0.3) is 0 Å². The van der Waals surface area contributed by atoms with Crippen LogP contribution < -0.4 is 16.0 Å². The van der Waals surface area contributed by atoms with E-state index >= 15 is 0 Å². The molecule has 4 N–H and O–H groups in total. The van der Waals surface area contributed by atoms with Gasteiger partial charge in [-0.25, -0.2) is 4.99 Å². The fraction of sp³-hybridized carbons (Fsp3) is 0.333. The standard InChI is InChI=1S/C27H34N4OS2/c1-26(2,3)21-14-20(15-22(24(21)32)27(4,5)6)31-25(33)28-16-18-9-11-19(12-10-18)29-17-30-23-8-7-13-34-23/h7-15,17,32H,16H2,1-6H3,(H,29,30)(H2,28,31,33). The number of nitrogens with zero attached hydrogens (tertiary/aromatic N) is 1. The molecule has 0 amide bonds. The molecule has 0 saturated heterocycles. The number of hydrogen-bond donors (Lipinski definition) is 4. The Kier molecular flexibility index (Phi) is 8.00. The summed E-state index contributed by atoms with van der Waals surface area (Å²) in [6, 6.07) is 16.0. The fourth-order valence-electron chi connectivity index (χ4n) is 3.44. The van der Waals surface area contributed by atoms with Gasteiger partial charge in [0.1, 0.15) is 10.8 Å². The molecule has 0 spiro atoms. The van der Waals surface area contributed by atoms with Gasteiger partial charge in [-0.3, -0.25) is 0 Å². The molecule has 0 aliphatic rings. The third kappa shape index (κ3) is 7.05. The van der Waals surface area contributed by atoms with Gasteiger partial charge in [-0.2, -0.15) is 0 Å². The predicted octanol–water partition coefficient (Wildman–Crippen LogP) is 7.31. The number of benzene rings is 2. The second-order valence-electron chi connectivity index (χ2n) is 10.3. The van der Waals surface area contributed by atoms with Crippen molar-refractivity contribution in [3.8, 4) is 5.75 Å². The summed E-state index contributed by atoms with van der Waals surface area (Å²) in [4.78, 5) is 4.36. The lowest BCUT2D eigenvalue weighted by Gasteiger charge is -2.28. The summed E-state index contributed by atoms with van der Waals surface area (Å²) in [5, 5.41) is 24.2. The number of rotatable bonds is 6. The Morgan fingerprint density at radius 3 is 2.12 bits per heavy atom. The SMILES string of the molecule is CC(C)(C)c1cc(NC(=S)NCc2ccc(N/C=N/c3cccs3)cc2)cc(C(C)(C)C)c1O. The number of anilines is 2. The van der Waals surface area contributed by atoms with E-state index in [1.807, 2.05) is 53.9 Å². The molecule has 0 atom stereocenters. The molecule has 3 aromatic rings. The van der Waals surface area contributed by atoms with E-state index in [4.69, 9.17) is 12.2 Å². The maximum Gasteiger partial charge on any atom is 0.171 e. The molecule has 3 rings (SSSR count). The van der Waals surface area contributed by atoms with Gasteiger partial charge in [-0.15, -0.1) is 11.3 Å². The molecule has 1 aromatic heterocycles. The molecule has 5 nitrogen and oxygen atoms in total. The zero-order valence-electron chi connectivity index (χ0n) is 20.7. The number of phenols is 1. The van der Waals surface area contributed by atoms with E-state index in [1.54, 1.807) is 17.7 Å². The molecule has 1 heterocycles. The third-order valence-electron chi connectivity index (χ3n) is 5.32. The van der Waals surface area contributed by atoms with Gasteiger partial charge in [-0.05, 0) is 70.4 Å². The smallest absolute Gasteiger partial charge is 0.171 e. The molecule has 0 unspecified atom stereocenters. The molecular weight excluding hydrogens is 460 g/mol. The fourth-order valence-corrected chi connectivity index (χ4v) is 4.20. The topological polar surface area (TPSA) is 68.7 Å². The zero-order valence-corrected chi connectivity index (χ0v) is 22.3. The normalized spacial score (nSPS) is 12.1. The molecule has 180 valence electrons. The quantitative estimate of drug-likeness (QED) is 0.125. The lowest BCUT2D eigenvalue weighted by molar-refractivity contribution is 0.423. The molecular formula is C27H34N4OS2. The summed E-state index contributed by atoms with van der Waals surface area (Å²) >= 11 is 7.15. The maximum atomic E-state index is 10.9. The van der Waals surface area contributed by atoms with Crippen LogP contribution in [0.2, 0.25) is 0 Å². The minimum atomic E-state index is -0.193. The van der Waals surface area contributed by atoms with Gasteiger partial charge in [-0.1, -0.05) is 53.7 Å². The first-order valence-corrected chi connectivity index (χ1v) is 12.6. The van der Waals surface area contributed by atoms with Crippen molar-refractivity contribution < 1.29 is 5.11 Å². The Bertz CT molecular complexity index is 1100. The molecule has 0 fully saturated rings. The van der Waals surface area contributed by atoms with Crippen LogP contribution in [-0.4, -0.2) is 16.6 Å². The van der Waals surface area contributed by atoms with Crippen LogP contribution in [0.3, 0.4) is 0 Å². The highest BCUT2D eigenvalue weighted by Gasteiger charge is 2.26. The molecule has 7 heteroatoms. The molecule has 34 heavy (non-hydrogen) atoms. The summed E-state index contributed by atoms with van der Waals surface area (Å²) in [5.41, 5.74) is 4.36. The third-order valence-corrected chi connectivity index (χ3v) is 6.34. The molecule has 0 saturated carbocycles. The summed E-state index contributed by atoms with van der Waals surface area (Å²) in [7, 11) is 0. The number of phenolic OH excluding ortho intramolecular Hbond substituents is 1. The van der Waals surface area contributed by atoms with Crippen LogP contribution in [0.4, 0.5) is 16.4 Å². The minimum absolute atomic E-state index is 0.193. The van der Waals surface area contributed by atoms with Crippen LogP contribution in [0.5, 0.6) is 5.75 Å². The van der Waals surface area contributed by atoms with Crippen molar-refractivity contribution in [3.63, 3.8) is 0 Å². The van der Waals surface area contributed by atoms with Gasteiger partial charge in [0.05, 0.1) is 6.34 Å². The lowest BCUT2D eigenvalue weighted by atomic mass is 9.79. The average molecular weight is 495 g/mol. The van der Waals surface area contributed by atoms with E-state index in [0.29, 0.717) is 17.4 Å². The van der Waals surface area contributed by atoms with E-state index in [0.717, 1.165) is 33.1 Å². The number of aromatic hydroxyl groups is 1. The number of aliphatic imine (C=N–C) groups is 1. The monoisotopic (exact) mass is 494 g/mol. The zero-order chi connectivity index (χ0) is 24.9. The maximum absolute atomic E-state index is 10.9. The van der Waals surface area contributed by atoms with Gasteiger partial charge in [0.25, 0.3) is 0 Å². The highest BCUT2D eigenvalue weighted by atomic mass is 32.1. The predicted molar refractivity (Wildman–Crippen MR) is 151 cm³/mol. The Hall–Kier alpha value is -2.90. The molecule has 0 radical (unpaired) electrons.